The predicted molar refractivity (Wildman–Crippen MR) is 61.4 cm³/mol. The molecule has 1 N–H and O–H groups in total. The van der Waals surface area contributed by atoms with Crippen LogP contribution in [0.1, 0.15) is 30.7 Å². The van der Waals surface area contributed by atoms with Gasteiger partial charge in [-0.25, -0.2) is 4.39 Å². The topological polar surface area (TPSA) is 47.3 Å². The van der Waals surface area contributed by atoms with E-state index >= 15 is 0 Å². The number of hydrogen-bond donors (Lipinski definition) is 1. The lowest BCUT2D eigenvalue weighted by Gasteiger charge is -2.36. The fourth-order valence-corrected chi connectivity index (χ4v) is 2.64. The minimum absolute atomic E-state index is 0.277. The first kappa shape index (κ1) is 10.4. The van der Waals surface area contributed by atoms with Crippen molar-refractivity contribution in [2.24, 2.45) is 0 Å². The number of benzene rings is 1. The van der Waals surface area contributed by atoms with Gasteiger partial charge in [0.25, 0.3) is 0 Å². The average Bonchev–Trinajstić information content (AvgIpc) is 2.56. The zero-order valence-corrected chi connectivity index (χ0v) is 9.36. The maximum absolute atomic E-state index is 13.3. The number of halogens is 1. The third-order valence-corrected chi connectivity index (χ3v) is 3.83. The molecule has 0 spiro atoms. The summed E-state index contributed by atoms with van der Waals surface area (Å²) >= 11 is 0. The number of nitrogens with zero attached hydrogens (tertiary/aromatic N) is 2. The number of nitriles is 1. The van der Waals surface area contributed by atoms with Crippen molar-refractivity contribution < 1.29 is 9.50 Å². The van der Waals surface area contributed by atoms with Crippen molar-refractivity contribution in [2.75, 3.05) is 11.4 Å². The molecule has 3 rings (SSSR count). The number of aromatic hydroxyl groups is 1. The number of rotatable bonds is 1. The molecule has 1 fully saturated rings. The number of fused-ring (bicyclic) bond motifs is 1. The molecule has 88 valence electrons. The Kier molecular flexibility index (Phi) is 2.22. The number of hydrogen-bond acceptors (Lipinski definition) is 3. The van der Waals surface area contributed by atoms with E-state index in [-0.39, 0.29) is 11.7 Å². The number of anilines is 1. The molecule has 1 aliphatic heterocycles. The fourth-order valence-electron chi connectivity index (χ4n) is 2.64. The van der Waals surface area contributed by atoms with Crippen molar-refractivity contribution in [3.63, 3.8) is 0 Å². The number of phenols is 1. The van der Waals surface area contributed by atoms with E-state index in [0.29, 0.717) is 12.6 Å². The van der Waals surface area contributed by atoms with Crippen LogP contribution in [0.25, 0.3) is 0 Å². The van der Waals surface area contributed by atoms with E-state index in [2.05, 4.69) is 11.0 Å². The van der Waals surface area contributed by atoms with E-state index in [4.69, 9.17) is 5.26 Å². The molecular weight excluding hydrogens is 219 g/mol. The Bertz CT molecular complexity index is 505. The Balaban J connectivity index is 2.05. The fraction of sp³-hybridized carbons (Fsp3) is 0.462. The third-order valence-electron chi connectivity index (χ3n) is 3.83. The molecular formula is C13H13FN2O. The van der Waals surface area contributed by atoms with Gasteiger partial charge in [0.05, 0.1) is 12.0 Å². The zero-order chi connectivity index (χ0) is 12.0. The molecule has 0 bridgehead atoms. The van der Waals surface area contributed by atoms with Crippen LogP contribution in [0.5, 0.6) is 5.75 Å². The molecule has 17 heavy (non-hydrogen) atoms. The Labute approximate surface area is 99.1 Å². The van der Waals surface area contributed by atoms with Gasteiger partial charge in [-0.05, 0) is 30.9 Å². The SMILES string of the molecule is N#CC1CN(C2CCC2)c2cc(O)c(F)cc21. The van der Waals surface area contributed by atoms with Gasteiger partial charge in [-0.15, -0.1) is 0 Å². The Morgan fingerprint density at radius 3 is 2.76 bits per heavy atom. The minimum Gasteiger partial charge on any atom is -0.505 e. The van der Waals surface area contributed by atoms with Gasteiger partial charge >= 0.3 is 0 Å². The van der Waals surface area contributed by atoms with Crippen LogP contribution in [-0.2, 0) is 0 Å². The summed E-state index contributed by atoms with van der Waals surface area (Å²) in [6.45, 7) is 0.624. The second-order valence-corrected chi connectivity index (χ2v) is 4.78. The maximum atomic E-state index is 13.3. The van der Waals surface area contributed by atoms with E-state index < -0.39 is 5.82 Å². The molecule has 4 heteroatoms. The predicted octanol–water partition coefficient (Wildman–Crippen LogP) is 2.51. The first-order chi connectivity index (χ1) is 8.20. The summed E-state index contributed by atoms with van der Waals surface area (Å²) in [5.74, 6) is -1.24. The first-order valence-corrected chi connectivity index (χ1v) is 5.89. The molecule has 1 heterocycles. The third kappa shape index (κ3) is 1.46. The van der Waals surface area contributed by atoms with Crippen LogP contribution in [0, 0.1) is 17.1 Å². The van der Waals surface area contributed by atoms with Crippen molar-refractivity contribution in [3.8, 4) is 11.8 Å². The minimum atomic E-state index is -0.639. The molecule has 1 atom stereocenters. The highest BCUT2D eigenvalue weighted by Gasteiger charge is 2.36. The van der Waals surface area contributed by atoms with Crippen molar-refractivity contribution in [1.29, 1.82) is 5.26 Å². The van der Waals surface area contributed by atoms with E-state index in [9.17, 15) is 9.50 Å². The lowest BCUT2D eigenvalue weighted by atomic mass is 9.91. The quantitative estimate of drug-likeness (QED) is 0.809. The molecule has 1 saturated carbocycles. The molecule has 1 aromatic rings. The molecule has 0 aromatic heterocycles. The Morgan fingerprint density at radius 1 is 1.41 bits per heavy atom. The first-order valence-electron chi connectivity index (χ1n) is 5.89. The van der Waals surface area contributed by atoms with Crippen molar-refractivity contribution in [3.05, 3.63) is 23.5 Å². The lowest BCUT2D eigenvalue weighted by molar-refractivity contribution is 0.390. The largest absolute Gasteiger partial charge is 0.505 e. The summed E-state index contributed by atoms with van der Waals surface area (Å²) in [6, 6.07) is 5.43. The van der Waals surface area contributed by atoms with E-state index in [0.717, 1.165) is 24.1 Å². The molecule has 1 aliphatic carbocycles. The van der Waals surface area contributed by atoms with E-state index in [1.54, 1.807) is 0 Å². The molecule has 0 radical (unpaired) electrons. The molecule has 0 amide bonds. The van der Waals surface area contributed by atoms with Crippen LogP contribution in [0.15, 0.2) is 12.1 Å². The van der Waals surface area contributed by atoms with Crippen molar-refractivity contribution in [2.45, 2.75) is 31.2 Å². The smallest absolute Gasteiger partial charge is 0.165 e. The average molecular weight is 232 g/mol. The van der Waals surface area contributed by atoms with Gasteiger partial charge in [-0.3, -0.25) is 0 Å². The normalized spacial score (nSPS) is 23.1. The van der Waals surface area contributed by atoms with Crippen LogP contribution in [0.4, 0.5) is 10.1 Å². The van der Waals surface area contributed by atoms with Gasteiger partial charge in [-0.1, -0.05) is 0 Å². The van der Waals surface area contributed by atoms with Crippen LogP contribution in [0.2, 0.25) is 0 Å². The van der Waals surface area contributed by atoms with Gasteiger partial charge in [0.2, 0.25) is 0 Å². The second kappa shape index (κ2) is 3.63. The van der Waals surface area contributed by atoms with E-state index in [1.165, 1.54) is 18.6 Å². The monoisotopic (exact) mass is 232 g/mol. The van der Waals surface area contributed by atoms with Crippen LogP contribution in [0.3, 0.4) is 0 Å². The highest BCUT2D eigenvalue weighted by molar-refractivity contribution is 5.65. The Morgan fingerprint density at radius 2 is 2.18 bits per heavy atom. The van der Waals surface area contributed by atoms with Crippen LogP contribution < -0.4 is 4.90 Å². The summed E-state index contributed by atoms with van der Waals surface area (Å²) in [6.07, 6.45) is 3.45. The van der Waals surface area contributed by atoms with Gasteiger partial charge < -0.3 is 10.0 Å². The summed E-state index contributed by atoms with van der Waals surface area (Å²) < 4.78 is 13.3. The number of phenolic OH excluding ortho intramolecular Hbond substituents is 1. The van der Waals surface area contributed by atoms with Crippen molar-refractivity contribution in [1.82, 2.24) is 0 Å². The molecule has 1 unspecified atom stereocenters. The standard InChI is InChI=1S/C13H13FN2O/c14-11-4-10-8(6-15)7-16(9-2-1-3-9)12(10)5-13(11)17/h4-5,8-9,17H,1-3,7H2. The maximum Gasteiger partial charge on any atom is 0.165 e. The van der Waals surface area contributed by atoms with E-state index in [1.807, 2.05) is 0 Å². The van der Waals surface area contributed by atoms with Gasteiger partial charge in [0, 0.05) is 24.3 Å². The van der Waals surface area contributed by atoms with Crippen LogP contribution >= 0.6 is 0 Å². The van der Waals surface area contributed by atoms with Gasteiger partial charge in [-0.2, -0.15) is 5.26 Å². The molecule has 2 aliphatic rings. The molecule has 1 aromatic carbocycles. The Hall–Kier alpha value is -1.76. The summed E-state index contributed by atoms with van der Waals surface area (Å²) in [5, 5.41) is 18.5. The summed E-state index contributed by atoms with van der Waals surface area (Å²) in [5.41, 5.74) is 1.55. The summed E-state index contributed by atoms with van der Waals surface area (Å²) in [7, 11) is 0. The molecule has 0 saturated heterocycles. The summed E-state index contributed by atoms with van der Waals surface area (Å²) in [4.78, 5) is 2.14. The highest BCUT2D eigenvalue weighted by atomic mass is 19.1. The second-order valence-electron chi connectivity index (χ2n) is 4.78. The lowest BCUT2D eigenvalue weighted by Crippen LogP contribution is -2.39. The van der Waals surface area contributed by atoms with Gasteiger partial charge in [0.15, 0.2) is 11.6 Å². The highest BCUT2D eigenvalue weighted by Crippen LogP contribution is 2.43. The molecule has 3 nitrogen and oxygen atoms in total. The van der Waals surface area contributed by atoms with Crippen molar-refractivity contribution >= 4 is 5.69 Å². The van der Waals surface area contributed by atoms with Gasteiger partial charge in [0.1, 0.15) is 0 Å². The van der Waals surface area contributed by atoms with Crippen LogP contribution in [-0.4, -0.2) is 17.7 Å². The zero-order valence-electron chi connectivity index (χ0n) is 9.36.